The van der Waals surface area contributed by atoms with Crippen molar-refractivity contribution in [3.63, 3.8) is 0 Å². The standard InChI is InChI=1S/C13H19NO2/c1-12(16-2)10-6-3-4-7-11(10)14-9-5-8-13(12,14)15/h4-5,7,9-11,15H,3,6,8H2,1-2H3. The van der Waals surface area contributed by atoms with E-state index in [-0.39, 0.29) is 0 Å². The van der Waals surface area contributed by atoms with E-state index in [1.165, 1.54) is 0 Å². The summed E-state index contributed by atoms with van der Waals surface area (Å²) in [5.41, 5.74) is -1.32. The molecule has 1 fully saturated rings. The number of ether oxygens (including phenoxy) is 1. The summed E-state index contributed by atoms with van der Waals surface area (Å²) in [6.07, 6.45) is 11.4. The number of aliphatic hydroxyl groups is 1. The van der Waals surface area contributed by atoms with Crippen LogP contribution in [0.1, 0.15) is 26.2 Å². The number of allylic oxidation sites excluding steroid dienone is 1. The molecule has 4 atom stereocenters. The van der Waals surface area contributed by atoms with E-state index in [0.717, 1.165) is 12.8 Å². The molecule has 16 heavy (non-hydrogen) atoms. The maximum absolute atomic E-state index is 10.9. The maximum Gasteiger partial charge on any atom is 0.171 e. The van der Waals surface area contributed by atoms with Crippen LogP contribution in [-0.4, -0.2) is 34.5 Å². The molecule has 0 spiro atoms. The highest BCUT2D eigenvalue weighted by atomic mass is 16.5. The van der Waals surface area contributed by atoms with Crippen molar-refractivity contribution in [2.45, 2.75) is 43.6 Å². The maximum atomic E-state index is 10.9. The van der Waals surface area contributed by atoms with Gasteiger partial charge in [0.05, 0.1) is 6.04 Å². The number of hydrogen-bond acceptors (Lipinski definition) is 3. The average molecular weight is 221 g/mol. The Hall–Kier alpha value is -0.800. The third kappa shape index (κ3) is 0.962. The second-order valence-corrected chi connectivity index (χ2v) is 5.23. The molecule has 4 unspecified atom stereocenters. The van der Waals surface area contributed by atoms with Crippen LogP contribution in [0.25, 0.3) is 0 Å². The van der Waals surface area contributed by atoms with Gasteiger partial charge in [-0.1, -0.05) is 18.2 Å². The molecule has 0 saturated carbocycles. The summed E-state index contributed by atoms with van der Waals surface area (Å²) in [7, 11) is 1.72. The zero-order valence-electron chi connectivity index (χ0n) is 9.89. The molecule has 0 aromatic heterocycles. The second kappa shape index (κ2) is 3.11. The number of nitrogens with zero attached hydrogens (tertiary/aromatic N) is 1. The predicted octanol–water partition coefficient (Wildman–Crippen LogP) is 1.65. The molecule has 2 heterocycles. The summed E-state index contributed by atoms with van der Waals surface area (Å²) in [5, 5.41) is 10.9. The summed E-state index contributed by atoms with van der Waals surface area (Å²) in [4.78, 5) is 2.08. The van der Waals surface area contributed by atoms with E-state index in [9.17, 15) is 5.11 Å². The van der Waals surface area contributed by atoms with E-state index >= 15 is 0 Å². The Bertz CT molecular complexity index is 365. The van der Waals surface area contributed by atoms with Crippen molar-refractivity contribution in [2.75, 3.05) is 7.11 Å². The Morgan fingerprint density at radius 1 is 1.44 bits per heavy atom. The first-order chi connectivity index (χ1) is 7.63. The fourth-order valence-electron chi connectivity index (χ4n) is 3.68. The highest BCUT2D eigenvalue weighted by Gasteiger charge is 2.65. The summed E-state index contributed by atoms with van der Waals surface area (Å²) < 4.78 is 5.72. The molecular formula is C13H19NO2. The van der Waals surface area contributed by atoms with Gasteiger partial charge in [0.1, 0.15) is 5.60 Å². The number of rotatable bonds is 1. The topological polar surface area (TPSA) is 32.7 Å². The molecular weight excluding hydrogens is 202 g/mol. The molecule has 1 aliphatic carbocycles. The van der Waals surface area contributed by atoms with Gasteiger partial charge in [0, 0.05) is 19.4 Å². The molecule has 0 aromatic carbocycles. The Morgan fingerprint density at radius 3 is 3.00 bits per heavy atom. The van der Waals surface area contributed by atoms with E-state index in [1.54, 1.807) is 7.11 Å². The first-order valence-corrected chi connectivity index (χ1v) is 6.03. The molecule has 88 valence electrons. The highest BCUT2D eigenvalue weighted by molar-refractivity contribution is 5.26. The minimum absolute atomic E-state index is 0.294. The summed E-state index contributed by atoms with van der Waals surface area (Å²) in [6.45, 7) is 2.05. The first kappa shape index (κ1) is 10.4. The molecule has 3 heteroatoms. The van der Waals surface area contributed by atoms with Crippen molar-refractivity contribution >= 4 is 0 Å². The zero-order chi connectivity index (χ0) is 11.4. The molecule has 0 amide bonds. The van der Waals surface area contributed by atoms with Gasteiger partial charge in [-0.15, -0.1) is 0 Å². The van der Waals surface area contributed by atoms with Crippen LogP contribution >= 0.6 is 0 Å². The van der Waals surface area contributed by atoms with Crippen molar-refractivity contribution in [1.82, 2.24) is 4.90 Å². The quantitative estimate of drug-likeness (QED) is 0.683. The zero-order valence-corrected chi connectivity index (χ0v) is 9.89. The summed E-state index contributed by atoms with van der Waals surface area (Å²) in [6, 6.07) is 0.294. The minimum Gasteiger partial charge on any atom is -0.373 e. The molecule has 2 aliphatic heterocycles. The van der Waals surface area contributed by atoms with Crippen LogP contribution in [0.15, 0.2) is 24.4 Å². The Morgan fingerprint density at radius 2 is 2.25 bits per heavy atom. The third-order valence-corrected chi connectivity index (χ3v) is 4.73. The van der Waals surface area contributed by atoms with Gasteiger partial charge >= 0.3 is 0 Å². The largest absolute Gasteiger partial charge is 0.373 e. The van der Waals surface area contributed by atoms with Crippen LogP contribution in [-0.2, 0) is 4.74 Å². The normalized spacial score (nSPS) is 49.6. The van der Waals surface area contributed by atoms with Gasteiger partial charge in [-0.25, -0.2) is 0 Å². The molecule has 3 aliphatic rings. The lowest BCUT2D eigenvalue weighted by molar-refractivity contribution is -0.192. The van der Waals surface area contributed by atoms with Crippen LogP contribution in [0.3, 0.4) is 0 Å². The first-order valence-electron chi connectivity index (χ1n) is 6.03. The van der Waals surface area contributed by atoms with E-state index in [1.807, 2.05) is 12.3 Å². The molecule has 1 saturated heterocycles. The van der Waals surface area contributed by atoms with Gasteiger partial charge in [0.25, 0.3) is 0 Å². The fraction of sp³-hybridized carbons (Fsp3) is 0.692. The van der Waals surface area contributed by atoms with E-state index in [0.29, 0.717) is 18.4 Å². The Labute approximate surface area is 96.4 Å². The van der Waals surface area contributed by atoms with E-state index in [2.05, 4.69) is 24.0 Å². The number of fused-ring (bicyclic) bond motifs is 3. The minimum atomic E-state index is -0.855. The molecule has 3 rings (SSSR count). The van der Waals surface area contributed by atoms with Crippen molar-refractivity contribution in [1.29, 1.82) is 0 Å². The second-order valence-electron chi connectivity index (χ2n) is 5.23. The number of hydrogen-bond donors (Lipinski definition) is 1. The summed E-state index contributed by atoms with van der Waals surface area (Å²) >= 11 is 0. The fourth-order valence-corrected chi connectivity index (χ4v) is 3.68. The van der Waals surface area contributed by atoms with E-state index in [4.69, 9.17) is 4.74 Å². The highest BCUT2D eigenvalue weighted by Crippen LogP contribution is 2.54. The smallest absolute Gasteiger partial charge is 0.171 e. The molecule has 3 nitrogen and oxygen atoms in total. The Balaban J connectivity index is 2.09. The van der Waals surface area contributed by atoms with Gasteiger partial charge in [-0.3, -0.25) is 0 Å². The van der Waals surface area contributed by atoms with Gasteiger partial charge < -0.3 is 14.7 Å². The lowest BCUT2D eigenvalue weighted by atomic mass is 9.76. The third-order valence-electron chi connectivity index (χ3n) is 4.73. The predicted molar refractivity (Wildman–Crippen MR) is 61.6 cm³/mol. The van der Waals surface area contributed by atoms with Crippen molar-refractivity contribution < 1.29 is 9.84 Å². The lowest BCUT2D eigenvalue weighted by Gasteiger charge is -2.41. The van der Waals surface area contributed by atoms with Crippen LogP contribution in [0, 0.1) is 5.92 Å². The monoisotopic (exact) mass is 221 g/mol. The van der Waals surface area contributed by atoms with Gasteiger partial charge in [0.15, 0.2) is 5.72 Å². The van der Waals surface area contributed by atoms with E-state index < -0.39 is 11.3 Å². The van der Waals surface area contributed by atoms with Crippen LogP contribution < -0.4 is 0 Å². The molecule has 0 aromatic rings. The molecule has 0 bridgehead atoms. The van der Waals surface area contributed by atoms with Crippen LogP contribution in [0.5, 0.6) is 0 Å². The van der Waals surface area contributed by atoms with Crippen molar-refractivity contribution in [3.05, 3.63) is 24.4 Å². The SMILES string of the molecule is COC1(C)C2CCC=CC2N2C=CCC21O. The van der Waals surface area contributed by atoms with Gasteiger partial charge in [0.2, 0.25) is 0 Å². The van der Waals surface area contributed by atoms with Crippen LogP contribution in [0.4, 0.5) is 0 Å². The summed E-state index contributed by atoms with van der Waals surface area (Å²) in [5.74, 6) is 0.387. The van der Waals surface area contributed by atoms with Gasteiger partial charge in [-0.05, 0) is 26.0 Å². The van der Waals surface area contributed by atoms with Crippen molar-refractivity contribution in [3.8, 4) is 0 Å². The Kier molecular flexibility index (Phi) is 2.01. The number of methoxy groups -OCH3 is 1. The van der Waals surface area contributed by atoms with Crippen molar-refractivity contribution in [2.24, 2.45) is 5.92 Å². The average Bonchev–Trinajstić information content (AvgIpc) is 2.78. The van der Waals surface area contributed by atoms with Crippen LogP contribution in [0.2, 0.25) is 0 Å². The van der Waals surface area contributed by atoms with Gasteiger partial charge in [-0.2, -0.15) is 0 Å². The lowest BCUT2D eigenvalue weighted by Crippen LogP contribution is -2.56. The molecule has 0 radical (unpaired) electrons. The molecule has 1 N–H and O–H groups in total.